The van der Waals surface area contributed by atoms with Gasteiger partial charge in [0.25, 0.3) is 11.3 Å². The van der Waals surface area contributed by atoms with E-state index >= 15 is 0 Å². The monoisotopic (exact) mass is 629 g/mol. The number of carboxylic acid groups (broad SMARTS) is 1. The minimum absolute atomic E-state index is 0.00908. The number of hydrogen-bond donors (Lipinski definition) is 1. The van der Waals surface area contributed by atoms with E-state index in [1.54, 1.807) is 27.7 Å². The smallest absolute Gasteiger partial charge is 0.407 e. The first-order valence-electron chi connectivity index (χ1n) is 13.9. The fourth-order valence-electron chi connectivity index (χ4n) is 5.06. The molecule has 1 N–H and O–H groups in total. The van der Waals surface area contributed by atoms with E-state index < -0.39 is 33.3 Å². The van der Waals surface area contributed by atoms with Crippen LogP contribution in [0.25, 0.3) is 11.1 Å². The SMILES string of the molecule is CCC(c1nc2onc(C)c2c(=O)n1Cc1ccccc1)N(CCCN(C(=O)O)C(C)(C)C)S(=O)(=O)c1ccc(Cl)cc1. The fraction of sp³-hybridized carbons (Fsp3) is 0.400. The van der Waals surface area contributed by atoms with E-state index in [9.17, 15) is 23.1 Å². The van der Waals surface area contributed by atoms with E-state index in [1.807, 2.05) is 37.3 Å². The van der Waals surface area contributed by atoms with E-state index in [2.05, 4.69) is 10.1 Å². The second kappa shape index (κ2) is 12.9. The molecule has 0 bridgehead atoms. The molecule has 0 aliphatic heterocycles. The maximum atomic E-state index is 14.2. The van der Waals surface area contributed by atoms with Crippen LogP contribution in [0, 0.1) is 6.92 Å². The molecule has 11 nitrogen and oxygen atoms in total. The molecule has 1 amide bonds. The number of nitrogens with zero attached hydrogens (tertiary/aromatic N) is 5. The summed E-state index contributed by atoms with van der Waals surface area (Å²) in [5.41, 5.74) is 0.146. The second-order valence-electron chi connectivity index (χ2n) is 11.2. The Morgan fingerprint density at radius 2 is 1.74 bits per heavy atom. The van der Waals surface area contributed by atoms with Gasteiger partial charge < -0.3 is 14.5 Å². The molecule has 1 unspecified atom stereocenters. The zero-order chi connectivity index (χ0) is 31.5. The molecule has 0 fully saturated rings. The standard InChI is InChI=1S/C30H36ClN5O6S/c1-6-24(26-32-27-25(20(2)33-42-27)28(37)34(26)19-21-11-8-7-9-12-21)36(18-10-17-35(29(38)39)30(3,4)5)43(40,41)23-15-13-22(31)14-16-23/h7-9,11-16,24H,6,10,17-19H2,1-5H3,(H,38,39). The molecule has 0 saturated carbocycles. The molecule has 0 radical (unpaired) electrons. The molecular weight excluding hydrogens is 594 g/mol. The first kappa shape index (κ1) is 32.2. The van der Waals surface area contributed by atoms with Crippen LogP contribution in [0.1, 0.15) is 63.7 Å². The quantitative estimate of drug-likeness (QED) is 0.223. The summed E-state index contributed by atoms with van der Waals surface area (Å²) in [6.07, 6.45) is -0.648. The highest BCUT2D eigenvalue weighted by Gasteiger charge is 2.36. The Bertz CT molecular complexity index is 1750. The van der Waals surface area contributed by atoms with Crippen LogP contribution < -0.4 is 5.56 Å². The molecule has 4 rings (SSSR count). The number of halogens is 1. The molecule has 0 spiro atoms. The lowest BCUT2D eigenvalue weighted by molar-refractivity contribution is 0.0976. The predicted molar refractivity (Wildman–Crippen MR) is 164 cm³/mol. The number of aryl methyl sites for hydroxylation is 1. The summed E-state index contributed by atoms with van der Waals surface area (Å²) < 4.78 is 36.6. The molecule has 1 atom stereocenters. The number of carbonyl (C=O) groups is 1. The van der Waals surface area contributed by atoms with Crippen LogP contribution in [-0.4, -0.2) is 62.2 Å². The van der Waals surface area contributed by atoms with Crippen LogP contribution in [0.4, 0.5) is 4.79 Å². The molecular formula is C30H36ClN5O6S. The molecule has 0 saturated heterocycles. The number of aromatic nitrogens is 3. The van der Waals surface area contributed by atoms with Crippen LogP contribution in [0.3, 0.4) is 0 Å². The molecule has 4 aromatic rings. The summed E-state index contributed by atoms with van der Waals surface area (Å²) >= 11 is 6.06. The van der Waals surface area contributed by atoms with Gasteiger partial charge in [0, 0.05) is 23.7 Å². The van der Waals surface area contributed by atoms with Gasteiger partial charge in [-0.2, -0.15) is 9.29 Å². The predicted octanol–water partition coefficient (Wildman–Crippen LogP) is 5.71. The van der Waals surface area contributed by atoms with Gasteiger partial charge in [0.15, 0.2) is 0 Å². The summed E-state index contributed by atoms with van der Waals surface area (Å²) in [6, 6.07) is 14.2. The molecule has 230 valence electrons. The number of benzene rings is 2. The van der Waals surface area contributed by atoms with E-state index in [0.29, 0.717) is 10.7 Å². The van der Waals surface area contributed by atoms with E-state index in [1.165, 1.54) is 38.0 Å². The molecule has 13 heteroatoms. The van der Waals surface area contributed by atoms with Crippen LogP contribution in [0.5, 0.6) is 0 Å². The average molecular weight is 630 g/mol. The van der Waals surface area contributed by atoms with Crippen molar-refractivity contribution in [1.82, 2.24) is 23.9 Å². The lowest BCUT2D eigenvalue weighted by Gasteiger charge is -2.35. The van der Waals surface area contributed by atoms with Crippen LogP contribution in [0.2, 0.25) is 5.02 Å². The zero-order valence-electron chi connectivity index (χ0n) is 24.8. The van der Waals surface area contributed by atoms with E-state index in [-0.39, 0.29) is 54.3 Å². The van der Waals surface area contributed by atoms with Crippen molar-refractivity contribution in [3.05, 3.63) is 87.1 Å². The van der Waals surface area contributed by atoms with Gasteiger partial charge in [-0.1, -0.05) is 54.0 Å². The van der Waals surface area contributed by atoms with Gasteiger partial charge in [0.1, 0.15) is 11.2 Å². The van der Waals surface area contributed by atoms with Crippen LogP contribution in [-0.2, 0) is 16.6 Å². The second-order valence-corrected chi connectivity index (χ2v) is 13.6. The van der Waals surface area contributed by atoms with Crippen molar-refractivity contribution < 1.29 is 22.8 Å². The summed E-state index contributed by atoms with van der Waals surface area (Å²) in [4.78, 5) is 31.8. The summed E-state index contributed by atoms with van der Waals surface area (Å²) in [5, 5.41) is 14.3. The number of fused-ring (bicyclic) bond motifs is 1. The van der Waals surface area contributed by atoms with Gasteiger partial charge in [-0.3, -0.25) is 9.36 Å². The van der Waals surface area contributed by atoms with Crippen molar-refractivity contribution in [3.8, 4) is 0 Å². The molecule has 43 heavy (non-hydrogen) atoms. The van der Waals surface area contributed by atoms with Crippen molar-refractivity contribution in [3.63, 3.8) is 0 Å². The highest BCUT2D eigenvalue weighted by atomic mass is 35.5. The lowest BCUT2D eigenvalue weighted by Crippen LogP contribution is -2.46. The summed E-state index contributed by atoms with van der Waals surface area (Å²) in [5.74, 6) is 0.198. The average Bonchev–Trinajstić information content (AvgIpc) is 3.32. The van der Waals surface area contributed by atoms with Gasteiger partial charge in [-0.05, 0) is 70.4 Å². The van der Waals surface area contributed by atoms with Gasteiger partial charge in [-0.15, -0.1) is 0 Å². The molecule has 2 aromatic heterocycles. The van der Waals surface area contributed by atoms with Gasteiger partial charge in [0.2, 0.25) is 10.0 Å². The maximum absolute atomic E-state index is 14.2. The van der Waals surface area contributed by atoms with Gasteiger partial charge in [0.05, 0.1) is 23.2 Å². The number of hydrogen-bond acceptors (Lipinski definition) is 7. The Morgan fingerprint density at radius 3 is 2.33 bits per heavy atom. The summed E-state index contributed by atoms with van der Waals surface area (Å²) in [7, 11) is -4.17. The summed E-state index contributed by atoms with van der Waals surface area (Å²) in [6.45, 7) is 8.98. The zero-order valence-corrected chi connectivity index (χ0v) is 26.4. The van der Waals surface area contributed by atoms with Crippen molar-refractivity contribution in [2.75, 3.05) is 13.1 Å². The largest absolute Gasteiger partial charge is 0.465 e. The maximum Gasteiger partial charge on any atom is 0.407 e. The first-order chi connectivity index (χ1) is 20.3. The van der Waals surface area contributed by atoms with Crippen LogP contribution in [0.15, 0.2) is 68.8 Å². The van der Waals surface area contributed by atoms with Crippen molar-refractivity contribution in [2.45, 2.75) is 70.5 Å². The number of rotatable bonds is 11. The first-order valence-corrected chi connectivity index (χ1v) is 15.8. The molecule has 0 aliphatic rings. The molecule has 2 aromatic carbocycles. The van der Waals surface area contributed by atoms with Crippen LogP contribution >= 0.6 is 11.6 Å². The Labute approximate surface area is 255 Å². The Balaban J connectivity index is 1.87. The molecule has 2 heterocycles. The number of amides is 1. The highest BCUT2D eigenvalue weighted by Crippen LogP contribution is 2.31. The Morgan fingerprint density at radius 1 is 1.09 bits per heavy atom. The Kier molecular flexibility index (Phi) is 9.63. The topological polar surface area (TPSA) is 139 Å². The van der Waals surface area contributed by atoms with Crippen molar-refractivity contribution in [1.29, 1.82) is 0 Å². The van der Waals surface area contributed by atoms with Crippen molar-refractivity contribution in [2.24, 2.45) is 0 Å². The van der Waals surface area contributed by atoms with Crippen molar-refractivity contribution >= 4 is 38.8 Å². The van der Waals surface area contributed by atoms with Gasteiger partial charge >= 0.3 is 6.09 Å². The van der Waals surface area contributed by atoms with E-state index in [0.717, 1.165) is 5.56 Å². The minimum Gasteiger partial charge on any atom is -0.465 e. The third-order valence-corrected chi connectivity index (χ3v) is 9.41. The molecule has 0 aliphatic carbocycles. The fourth-order valence-corrected chi connectivity index (χ4v) is 6.88. The third kappa shape index (κ3) is 6.92. The number of sulfonamides is 1. The van der Waals surface area contributed by atoms with Gasteiger partial charge in [-0.25, -0.2) is 13.2 Å². The lowest BCUT2D eigenvalue weighted by atomic mass is 10.1. The Hall–Kier alpha value is -3.74. The third-order valence-electron chi connectivity index (χ3n) is 7.23. The normalized spacial score (nSPS) is 13.0. The highest BCUT2D eigenvalue weighted by molar-refractivity contribution is 7.89. The minimum atomic E-state index is -4.17. The van der Waals surface area contributed by atoms with E-state index in [4.69, 9.17) is 16.1 Å².